The molecular weight excluding hydrogens is 1330 g/mol. The molecule has 0 saturated carbocycles. The molecule has 0 aliphatic carbocycles. The third-order valence-electron chi connectivity index (χ3n) is 21.1. The van der Waals surface area contributed by atoms with E-state index in [0.29, 0.717) is 0 Å². The minimum atomic E-state index is 0.822. The molecule has 0 N–H and O–H groups in total. The third-order valence-corrected chi connectivity index (χ3v) is 22.3. The Morgan fingerprint density at radius 2 is 0.602 bits per heavy atom. The van der Waals surface area contributed by atoms with Gasteiger partial charge in [-0.05, 0) is 205 Å². The molecule has 0 aliphatic heterocycles. The molecule has 108 heavy (non-hydrogen) atoms. The Bertz CT molecular complexity index is 6750. The zero-order valence-electron chi connectivity index (χ0n) is 58.3. The van der Waals surface area contributed by atoms with Gasteiger partial charge in [-0.25, -0.2) is 19.9 Å². The van der Waals surface area contributed by atoms with E-state index in [1.54, 1.807) is 0 Å². The first kappa shape index (κ1) is 62.4. The topological polar surface area (TPSA) is 74.6 Å². The monoisotopic (exact) mass is 1390 g/mol. The number of nitrogens with zero attached hydrogens (tertiary/aromatic N) is 6. The van der Waals surface area contributed by atoms with Crippen LogP contribution >= 0.6 is 11.3 Å². The van der Waals surface area contributed by atoms with Crippen LogP contribution in [0.5, 0.6) is 0 Å². The van der Waals surface area contributed by atoms with Gasteiger partial charge in [-0.1, -0.05) is 255 Å². The van der Waals surface area contributed by atoms with Gasteiger partial charge >= 0.3 is 0 Å². The molecule has 16 aromatic carbocycles. The average molecular weight is 1400 g/mol. The van der Waals surface area contributed by atoms with Crippen molar-refractivity contribution in [3.63, 3.8) is 0 Å². The van der Waals surface area contributed by atoms with Crippen molar-refractivity contribution in [2.45, 2.75) is 0 Å². The molecule has 22 aromatic rings. The van der Waals surface area contributed by atoms with Crippen LogP contribution in [0, 0.1) is 0 Å². The highest BCUT2D eigenvalue weighted by Crippen LogP contribution is 2.45. The lowest BCUT2D eigenvalue weighted by atomic mass is 9.93. The van der Waals surface area contributed by atoms with Crippen LogP contribution in [0.4, 0.5) is 0 Å². The molecule has 7 nitrogen and oxygen atoms in total. The molecule has 6 aromatic heterocycles. The average Bonchev–Trinajstić information content (AvgIpc) is 1.56. The van der Waals surface area contributed by atoms with Gasteiger partial charge in [-0.15, -0.1) is 11.3 Å². The van der Waals surface area contributed by atoms with Crippen LogP contribution < -0.4 is 0 Å². The van der Waals surface area contributed by atoms with Crippen LogP contribution in [0.2, 0.25) is 0 Å². The Morgan fingerprint density at radius 1 is 0.231 bits per heavy atom. The molecule has 0 radical (unpaired) electrons. The summed E-state index contributed by atoms with van der Waals surface area (Å²) in [5.41, 5.74) is 31.5. The Hall–Kier alpha value is -14.2. The Labute approximate surface area is 625 Å². The highest BCUT2D eigenvalue weighted by molar-refractivity contribution is 7.26. The van der Waals surface area contributed by atoms with E-state index in [-0.39, 0.29) is 0 Å². The fourth-order valence-electron chi connectivity index (χ4n) is 16.0. The van der Waals surface area contributed by atoms with Gasteiger partial charge in [0.1, 0.15) is 22.2 Å². The molecule has 0 amide bonds. The van der Waals surface area contributed by atoms with E-state index in [1.807, 2.05) is 65.9 Å². The minimum Gasteiger partial charge on any atom is -0.455 e. The number of fused-ring (bicyclic) bond motifs is 14. The maximum atomic E-state index is 6.46. The van der Waals surface area contributed by atoms with E-state index in [2.05, 4.69) is 331 Å². The number of rotatable bonds is 10. The third kappa shape index (κ3) is 10.9. The van der Waals surface area contributed by atoms with Crippen molar-refractivity contribution < 1.29 is 4.42 Å². The molecule has 0 saturated heterocycles. The van der Waals surface area contributed by atoms with Gasteiger partial charge < -0.3 is 4.42 Å². The van der Waals surface area contributed by atoms with E-state index in [9.17, 15) is 0 Å². The van der Waals surface area contributed by atoms with Gasteiger partial charge in [-0.3, -0.25) is 9.13 Å². The Balaban J connectivity index is 0.000000138. The van der Waals surface area contributed by atoms with Crippen LogP contribution in [0.15, 0.2) is 381 Å². The lowest BCUT2D eigenvalue weighted by Gasteiger charge is -2.12. The normalized spacial score (nSPS) is 11.7. The molecule has 22 rings (SSSR count). The molecule has 0 aliphatic rings. The predicted octanol–water partition coefficient (Wildman–Crippen LogP) is 27.1. The first-order valence-electron chi connectivity index (χ1n) is 36.5. The quantitative estimate of drug-likeness (QED) is 0.136. The zero-order valence-corrected chi connectivity index (χ0v) is 59.1. The van der Waals surface area contributed by atoms with Gasteiger partial charge in [0, 0.05) is 58.7 Å². The van der Waals surface area contributed by atoms with Crippen molar-refractivity contribution in [1.29, 1.82) is 0 Å². The van der Waals surface area contributed by atoms with E-state index in [4.69, 9.17) is 24.4 Å². The van der Waals surface area contributed by atoms with Crippen LogP contribution in [0.3, 0.4) is 0 Å². The van der Waals surface area contributed by atoms with Crippen molar-refractivity contribution in [1.82, 2.24) is 29.1 Å². The van der Waals surface area contributed by atoms with E-state index in [1.165, 1.54) is 75.8 Å². The largest absolute Gasteiger partial charge is 0.455 e. The summed E-state index contributed by atoms with van der Waals surface area (Å²) in [6.07, 6.45) is 0. The number of furan rings is 1. The number of thiophene rings is 1. The SMILES string of the molecule is c1ccc(-c2cc(-c3ccccc3)cc(-c3ccc4c(c3)c3nc5ccccc5nc3n4-c3cccc(-c4cccc5c4oc4ccccc45)c3)c2)cc1.c1ccc(-c2cc(-c3ccccc3)cc(-c3ccc4c(c3)c3nc5ccccc5nc3n4-c3cccc(-c4cccc5c4sc4ccccc45)c3)c2)cc1. The minimum absolute atomic E-state index is 0.822. The number of aromatic nitrogens is 6. The second-order valence-electron chi connectivity index (χ2n) is 27.6. The lowest BCUT2D eigenvalue weighted by molar-refractivity contribution is 0.670. The predicted molar refractivity (Wildman–Crippen MR) is 451 cm³/mol. The fraction of sp³-hybridized carbons (Fsp3) is 0. The summed E-state index contributed by atoms with van der Waals surface area (Å²) in [5, 5.41) is 6.96. The van der Waals surface area contributed by atoms with E-state index in [0.717, 1.165) is 133 Å². The molecular formula is C100H62N6OS. The molecule has 6 heterocycles. The summed E-state index contributed by atoms with van der Waals surface area (Å²) in [4.78, 5) is 21.1. The van der Waals surface area contributed by atoms with Crippen molar-refractivity contribution in [2.24, 2.45) is 0 Å². The smallest absolute Gasteiger partial charge is 0.165 e. The molecule has 0 bridgehead atoms. The molecule has 0 atom stereocenters. The van der Waals surface area contributed by atoms with Crippen molar-refractivity contribution in [3.05, 3.63) is 376 Å². The first-order valence-corrected chi connectivity index (χ1v) is 37.3. The van der Waals surface area contributed by atoms with Crippen LogP contribution in [-0.2, 0) is 0 Å². The van der Waals surface area contributed by atoms with Gasteiger partial charge in [0.25, 0.3) is 0 Å². The van der Waals surface area contributed by atoms with Gasteiger partial charge in [0.15, 0.2) is 11.3 Å². The first-order chi connectivity index (χ1) is 53.5. The molecule has 504 valence electrons. The van der Waals surface area contributed by atoms with Crippen molar-refractivity contribution >= 4 is 120 Å². The summed E-state index contributed by atoms with van der Waals surface area (Å²) >= 11 is 1.86. The van der Waals surface area contributed by atoms with Gasteiger partial charge in [0.05, 0.1) is 33.1 Å². The molecule has 0 fully saturated rings. The number of hydrogen-bond donors (Lipinski definition) is 0. The highest BCUT2D eigenvalue weighted by atomic mass is 32.1. The summed E-state index contributed by atoms with van der Waals surface area (Å²) in [6.45, 7) is 0. The lowest BCUT2D eigenvalue weighted by Crippen LogP contribution is -1.97. The van der Waals surface area contributed by atoms with Crippen LogP contribution in [-0.4, -0.2) is 29.1 Å². The Kier molecular flexibility index (Phi) is 15.0. The second kappa shape index (κ2) is 25.9. The maximum Gasteiger partial charge on any atom is 0.165 e. The standard InChI is InChI=1S/C50H31N3O.C50H31N3S/c2*1-3-13-32(14-4-1)36-27-37(33-15-5-2-6-16-33)29-38(28-36)34-25-26-46-43(31-34)48-50(52-45-23-9-8-22-44(45)51-48)53(46)39-18-11-17-35(30-39)40-20-12-21-42-41-19-7-10-24-47(41)54-49(40)42/h2*1-31H. The second-order valence-corrected chi connectivity index (χ2v) is 28.7. The number of hydrogen-bond acceptors (Lipinski definition) is 6. The highest BCUT2D eigenvalue weighted by Gasteiger charge is 2.23. The number of para-hydroxylation sites is 6. The summed E-state index contributed by atoms with van der Waals surface area (Å²) in [6, 6.07) is 134. The van der Waals surface area contributed by atoms with Crippen LogP contribution in [0.25, 0.3) is 209 Å². The molecule has 0 spiro atoms. The van der Waals surface area contributed by atoms with Gasteiger partial charge in [-0.2, -0.15) is 0 Å². The molecule has 0 unspecified atom stereocenters. The summed E-state index contributed by atoms with van der Waals surface area (Å²) < 4.78 is 13.6. The summed E-state index contributed by atoms with van der Waals surface area (Å²) in [7, 11) is 0. The van der Waals surface area contributed by atoms with E-state index < -0.39 is 0 Å². The van der Waals surface area contributed by atoms with Crippen molar-refractivity contribution in [2.75, 3.05) is 0 Å². The maximum absolute atomic E-state index is 6.46. The fourth-order valence-corrected chi connectivity index (χ4v) is 17.2. The number of benzene rings is 16. The molecule has 8 heteroatoms. The van der Waals surface area contributed by atoms with Crippen LogP contribution in [0.1, 0.15) is 0 Å². The van der Waals surface area contributed by atoms with Crippen molar-refractivity contribution in [3.8, 4) is 100 Å². The van der Waals surface area contributed by atoms with Gasteiger partial charge in [0.2, 0.25) is 0 Å². The Morgan fingerprint density at radius 3 is 1.09 bits per heavy atom. The van der Waals surface area contributed by atoms with E-state index >= 15 is 0 Å². The zero-order chi connectivity index (χ0) is 71.2. The summed E-state index contributed by atoms with van der Waals surface area (Å²) in [5.74, 6) is 0.